The maximum Gasteiger partial charge on any atom is 0.239 e. The Bertz CT molecular complexity index is 722. The summed E-state index contributed by atoms with van der Waals surface area (Å²) in [4.78, 5) is 14.2. The third-order valence-corrected chi connectivity index (χ3v) is 4.76. The zero-order valence-electron chi connectivity index (χ0n) is 15.0. The normalized spacial score (nSPS) is 18.1. The Morgan fingerprint density at radius 1 is 1.52 bits per heavy atom. The minimum Gasteiger partial charge on any atom is -0.491 e. The van der Waals surface area contributed by atoms with Crippen molar-refractivity contribution in [3.63, 3.8) is 0 Å². The molecular formula is C19H25N4O2. The van der Waals surface area contributed by atoms with Gasteiger partial charge in [0.15, 0.2) is 0 Å². The molecule has 1 aliphatic rings. The summed E-state index contributed by atoms with van der Waals surface area (Å²) >= 11 is 0. The molecule has 1 aromatic heterocycles. The fraction of sp³-hybridized carbons (Fsp3) is 0.474. The molecule has 0 spiro atoms. The van der Waals surface area contributed by atoms with Crippen molar-refractivity contribution in [3.8, 4) is 16.9 Å². The quantitative estimate of drug-likeness (QED) is 0.845. The van der Waals surface area contributed by atoms with Crippen LogP contribution in [0.4, 0.5) is 0 Å². The highest BCUT2D eigenvalue weighted by molar-refractivity contribution is 5.82. The topological polar surface area (TPSA) is 70.2 Å². The Hall–Kier alpha value is -2.34. The predicted octanol–water partition coefficient (Wildman–Crippen LogP) is 2.16. The molecule has 2 N–H and O–H groups in total. The van der Waals surface area contributed by atoms with Crippen molar-refractivity contribution >= 4 is 5.91 Å². The number of nitrogens with one attached hydrogen (secondary N) is 2. The van der Waals surface area contributed by atoms with E-state index in [1.807, 2.05) is 45.3 Å². The first-order chi connectivity index (χ1) is 12.1. The number of aromatic nitrogens is 2. The SMILES string of the molecule is Cc1n[nH]cc1-c1c[c]cc(OC[C@@H](C)N(C)C(=O)C2CCCN2)c1. The van der Waals surface area contributed by atoms with Gasteiger partial charge in [0, 0.05) is 18.8 Å². The van der Waals surface area contributed by atoms with E-state index < -0.39 is 0 Å². The second kappa shape index (κ2) is 7.70. The maximum absolute atomic E-state index is 12.4. The lowest BCUT2D eigenvalue weighted by Crippen LogP contribution is -2.47. The number of carbonyl (C=O) groups is 1. The summed E-state index contributed by atoms with van der Waals surface area (Å²) in [5, 5.41) is 10.3. The van der Waals surface area contributed by atoms with Gasteiger partial charge in [0.2, 0.25) is 5.91 Å². The number of hydrogen-bond donors (Lipinski definition) is 2. The van der Waals surface area contributed by atoms with Crippen LogP contribution in [0.3, 0.4) is 0 Å². The van der Waals surface area contributed by atoms with Gasteiger partial charge in [-0.25, -0.2) is 0 Å². The van der Waals surface area contributed by atoms with E-state index in [-0.39, 0.29) is 18.0 Å². The van der Waals surface area contributed by atoms with Crippen LogP contribution in [0.5, 0.6) is 5.75 Å². The van der Waals surface area contributed by atoms with Crippen LogP contribution in [0.15, 0.2) is 24.4 Å². The van der Waals surface area contributed by atoms with Crippen molar-refractivity contribution in [2.75, 3.05) is 20.2 Å². The van der Waals surface area contributed by atoms with Gasteiger partial charge in [-0.15, -0.1) is 0 Å². The number of ether oxygens (including phenoxy) is 1. The van der Waals surface area contributed by atoms with E-state index in [4.69, 9.17) is 4.74 Å². The van der Waals surface area contributed by atoms with E-state index in [1.54, 1.807) is 4.90 Å². The van der Waals surface area contributed by atoms with Crippen LogP contribution in [0.1, 0.15) is 25.5 Å². The summed E-state index contributed by atoms with van der Waals surface area (Å²) in [6.45, 7) is 5.32. The van der Waals surface area contributed by atoms with Gasteiger partial charge in [-0.2, -0.15) is 5.10 Å². The molecule has 1 unspecified atom stereocenters. The second-order valence-electron chi connectivity index (χ2n) is 6.60. The minimum atomic E-state index is -0.0480. The summed E-state index contributed by atoms with van der Waals surface area (Å²) in [6.07, 6.45) is 3.84. The Morgan fingerprint density at radius 2 is 2.36 bits per heavy atom. The van der Waals surface area contributed by atoms with E-state index in [0.29, 0.717) is 6.61 Å². The highest BCUT2D eigenvalue weighted by Crippen LogP contribution is 2.25. The van der Waals surface area contributed by atoms with Crippen LogP contribution >= 0.6 is 0 Å². The lowest BCUT2D eigenvalue weighted by molar-refractivity contribution is -0.134. The average Bonchev–Trinajstić information content (AvgIpc) is 3.30. The Morgan fingerprint density at radius 3 is 3.04 bits per heavy atom. The fourth-order valence-electron chi connectivity index (χ4n) is 3.03. The number of aryl methyl sites for hydroxylation is 1. The number of H-pyrrole nitrogens is 1. The molecule has 1 fully saturated rings. The number of benzene rings is 1. The van der Waals surface area contributed by atoms with Crippen molar-refractivity contribution in [3.05, 3.63) is 36.2 Å². The van der Waals surface area contributed by atoms with Crippen molar-refractivity contribution in [2.24, 2.45) is 0 Å². The molecule has 1 aromatic carbocycles. The van der Waals surface area contributed by atoms with Gasteiger partial charge < -0.3 is 15.0 Å². The molecule has 3 rings (SSSR count). The average molecular weight is 341 g/mol. The van der Waals surface area contributed by atoms with E-state index in [1.165, 1.54) is 0 Å². The van der Waals surface area contributed by atoms with Crippen LogP contribution in [0, 0.1) is 13.0 Å². The summed E-state index contributed by atoms with van der Waals surface area (Å²) < 4.78 is 5.90. The van der Waals surface area contributed by atoms with Gasteiger partial charge in [-0.1, -0.05) is 0 Å². The number of amides is 1. The first-order valence-corrected chi connectivity index (χ1v) is 8.71. The third kappa shape index (κ3) is 4.02. The molecule has 2 aromatic rings. The van der Waals surface area contributed by atoms with Gasteiger partial charge in [0.1, 0.15) is 12.4 Å². The zero-order valence-corrected chi connectivity index (χ0v) is 15.0. The van der Waals surface area contributed by atoms with Crippen LogP contribution in [0.25, 0.3) is 11.1 Å². The van der Waals surface area contributed by atoms with Crippen molar-refractivity contribution in [1.82, 2.24) is 20.4 Å². The molecule has 1 radical (unpaired) electrons. The first-order valence-electron chi connectivity index (χ1n) is 8.71. The molecule has 133 valence electrons. The molecule has 0 bridgehead atoms. The Kier molecular flexibility index (Phi) is 5.38. The van der Waals surface area contributed by atoms with Crippen LogP contribution in [0.2, 0.25) is 0 Å². The number of nitrogens with zero attached hydrogens (tertiary/aromatic N) is 2. The lowest BCUT2D eigenvalue weighted by atomic mass is 10.1. The number of hydrogen-bond acceptors (Lipinski definition) is 4. The monoisotopic (exact) mass is 341 g/mol. The van der Waals surface area contributed by atoms with E-state index >= 15 is 0 Å². The van der Waals surface area contributed by atoms with Crippen LogP contribution in [-0.4, -0.2) is 53.3 Å². The highest BCUT2D eigenvalue weighted by Gasteiger charge is 2.27. The number of aromatic amines is 1. The molecule has 6 nitrogen and oxygen atoms in total. The number of likely N-dealkylation sites (N-methyl/N-ethyl adjacent to an activating group) is 1. The van der Waals surface area contributed by atoms with E-state index in [2.05, 4.69) is 21.6 Å². The van der Waals surface area contributed by atoms with E-state index in [9.17, 15) is 4.79 Å². The minimum absolute atomic E-state index is 0.00535. The summed E-state index contributed by atoms with van der Waals surface area (Å²) in [6, 6.07) is 8.75. The molecule has 0 saturated carbocycles. The Labute approximate surface area is 148 Å². The molecule has 2 heterocycles. The Balaban J connectivity index is 1.59. The van der Waals surface area contributed by atoms with Crippen LogP contribution < -0.4 is 10.1 Å². The molecule has 2 atom stereocenters. The predicted molar refractivity (Wildman–Crippen MR) is 96.3 cm³/mol. The van der Waals surface area contributed by atoms with E-state index in [0.717, 1.165) is 42.0 Å². The molecule has 1 aliphatic heterocycles. The van der Waals surface area contributed by atoms with Gasteiger partial charge in [-0.3, -0.25) is 9.89 Å². The summed E-state index contributed by atoms with van der Waals surface area (Å²) in [5.74, 6) is 0.882. The van der Waals surface area contributed by atoms with Gasteiger partial charge >= 0.3 is 0 Å². The molecule has 1 saturated heterocycles. The zero-order chi connectivity index (χ0) is 17.8. The maximum atomic E-state index is 12.4. The summed E-state index contributed by atoms with van der Waals surface area (Å²) in [7, 11) is 1.84. The van der Waals surface area contributed by atoms with Crippen molar-refractivity contribution < 1.29 is 9.53 Å². The highest BCUT2D eigenvalue weighted by atomic mass is 16.5. The largest absolute Gasteiger partial charge is 0.491 e. The second-order valence-corrected chi connectivity index (χ2v) is 6.60. The molecule has 1 amide bonds. The van der Waals surface area contributed by atoms with Gasteiger partial charge in [-0.05, 0) is 63.1 Å². The lowest BCUT2D eigenvalue weighted by Gasteiger charge is -2.27. The molecular weight excluding hydrogens is 316 g/mol. The standard InChI is InChI=1S/C19H25N4O2/c1-13(23(3)19(24)18-8-5-9-20-18)12-25-16-7-4-6-15(10-16)17-11-21-22-14(17)2/h6-7,10-11,13,18,20H,5,8-9,12H2,1-3H3,(H,21,22)/t13-,18?/m1/s1. The first kappa shape index (κ1) is 17.5. The van der Waals surface area contributed by atoms with Crippen molar-refractivity contribution in [1.29, 1.82) is 0 Å². The molecule has 6 heteroatoms. The molecule has 25 heavy (non-hydrogen) atoms. The number of carbonyl (C=O) groups excluding carboxylic acids is 1. The third-order valence-electron chi connectivity index (χ3n) is 4.76. The molecule has 0 aliphatic carbocycles. The van der Waals surface area contributed by atoms with Crippen LogP contribution in [-0.2, 0) is 4.79 Å². The number of rotatable bonds is 6. The van der Waals surface area contributed by atoms with Gasteiger partial charge in [0.25, 0.3) is 0 Å². The van der Waals surface area contributed by atoms with Gasteiger partial charge in [0.05, 0.1) is 17.8 Å². The summed E-state index contributed by atoms with van der Waals surface area (Å²) in [5.41, 5.74) is 2.98. The van der Waals surface area contributed by atoms with Crippen molar-refractivity contribution in [2.45, 2.75) is 38.8 Å². The fourth-order valence-corrected chi connectivity index (χ4v) is 3.03. The smallest absolute Gasteiger partial charge is 0.239 e.